The molecule has 0 amide bonds. The van der Waals surface area contributed by atoms with E-state index in [4.69, 9.17) is 0 Å². The van der Waals surface area contributed by atoms with Crippen LogP contribution in [0.15, 0.2) is 82.8 Å². The average Bonchev–Trinajstić information content (AvgIpc) is 2.95. The van der Waals surface area contributed by atoms with Gasteiger partial charge < -0.3 is 15.1 Å². The number of hydrogen-bond acceptors (Lipinski definition) is 6. The van der Waals surface area contributed by atoms with Crippen molar-refractivity contribution in [3.8, 4) is 22.8 Å². The van der Waals surface area contributed by atoms with E-state index >= 15 is 0 Å². The Hall–Kier alpha value is -3.51. The number of anilines is 1. The van der Waals surface area contributed by atoms with Crippen molar-refractivity contribution < 1.29 is 10.2 Å². The lowest BCUT2D eigenvalue weighted by Crippen LogP contribution is -2.34. The van der Waals surface area contributed by atoms with Crippen LogP contribution in [0.3, 0.4) is 0 Å². The molecule has 1 aliphatic heterocycles. The molecule has 38 heavy (non-hydrogen) atoms. The standard InChI is InChI=1S/C32H35N3O2S/c1-3-4-12-27-29(35-20-9-8-13-28(35)24-10-6-5-7-11-24)30(36)31(32(37)34-27)38-25-16-14-23(15-17-25)26-18-19-33-21-22(26)2/h5-7,10-11,14-19,21,28H,3-4,8-9,12-13,20H2,1-2H3,(H2,34,36,37). The van der Waals surface area contributed by atoms with Gasteiger partial charge in [0.1, 0.15) is 10.6 Å². The highest BCUT2D eigenvalue weighted by molar-refractivity contribution is 7.99. The van der Waals surface area contributed by atoms with Gasteiger partial charge in [-0.1, -0.05) is 67.6 Å². The van der Waals surface area contributed by atoms with E-state index in [9.17, 15) is 10.2 Å². The molecule has 0 aliphatic carbocycles. The van der Waals surface area contributed by atoms with Gasteiger partial charge in [-0.2, -0.15) is 0 Å². The van der Waals surface area contributed by atoms with Crippen LogP contribution in [0.1, 0.15) is 61.9 Å². The number of aromatic nitrogens is 2. The van der Waals surface area contributed by atoms with Crippen molar-refractivity contribution in [3.05, 3.63) is 89.9 Å². The first kappa shape index (κ1) is 26.1. The molecule has 196 valence electrons. The van der Waals surface area contributed by atoms with Crippen molar-refractivity contribution in [3.63, 3.8) is 0 Å². The van der Waals surface area contributed by atoms with Gasteiger partial charge in [-0.15, -0.1) is 0 Å². The molecule has 0 saturated carbocycles. The maximum absolute atomic E-state index is 11.7. The molecule has 2 N–H and O–H groups in total. The average molecular weight is 526 g/mol. The van der Waals surface area contributed by atoms with Crippen molar-refractivity contribution in [2.24, 2.45) is 0 Å². The summed E-state index contributed by atoms with van der Waals surface area (Å²) in [5.41, 5.74) is 6.17. The van der Waals surface area contributed by atoms with Crippen LogP contribution >= 0.6 is 11.8 Å². The maximum atomic E-state index is 11.7. The van der Waals surface area contributed by atoms with Gasteiger partial charge in [-0.05, 0) is 79.5 Å². The molecule has 2 aromatic heterocycles. The molecule has 1 fully saturated rings. The number of piperidine rings is 1. The number of aromatic hydroxyl groups is 2. The van der Waals surface area contributed by atoms with Crippen molar-refractivity contribution in [2.75, 3.05) is 11.4 Å². The van der Waals surface area contributed by atoms with E-state index in [0.29, 0.717) is 4.90 Å². The highest BCUT2D eigenvalue weighted by atomic mass is 32.2. The summed E-state index contributed by atoms with van der Waals surface area (Å²) in [6.07, 6.45) is 9.59. The largest absolute Gasteiger partial charge is 0.504 e. The van der Waals surface area contributed by atoms with Gasteiger partial charge in [-0.3, -0.25) is 4.98 Å². The number of rotatable bonds is 8. The monoisotopic (exact) mass is 525 g/mol. The van der Waals surface area contributed by atoms with Crippen LogP contribution in [-0.2, 0) is 6.42 Å². The number of aryl methyl sites for hydroxylation is 2. The van der Waals surface area contributed by atoms with Gasteiger partial charge in [0.15, 0.2) is 5.75 Å². The molecular formula is C32H35N3O2S. The van der Waals surface area contributed by atoms with Crippen molar-refractivity contribution >= 4 is 17.4 Å². The summed E-state index contributed by atoms with van der Waals surface area (Å²) < 4.78 is 0. The Labute approximate surface area is 229 Å². The van der Waals surface area contributed by atoms with E-state index in [1.165, 1.54) is 17.3 Å². The third-order valence-corrected chi connectivity index (χ3v) is 8.39. The minimum Gasteiger partial charge on any atom is -0.504 e. The number of pyridine rings is 2. The second-order valence-electron chi connectivity index (χ2n) is 9.94. The lowest BCUT2D eigenvalue weighted by molar-refractivity contribution is 0.401. The summed E-state index contributed by atoms with van der Waals surface area (Å²) >= 11 is 1.36. The summed E-state index contributed by atoms with van der Waals surface area (Å²) in [5.74, 6) is 0.0233. The van der Waals surface area contributed by atoms with Crippen LogP contribution < -0.4 is 4.90 Å². The SMILES string of the molecule is CCCCc1nc(O)c(Sc2ccc(-c3ccncc3C)cc2)c(O)c1N1CCCCC1c1ccccc1. The molecule has 0 spiro atoms. The topological polar surface area (TPSA) is 69.5 Å². The molecule has 0 radical (unpaired) electrons. The van der Waals surface area contributed by atoms with E-state index in [1.54, 1.807) is 6.20 Å². The lowest BCUT2D eigenvalue weighted by atomic mass is 9.94. The summed E-state index contributed by atoms with van der Waals surface area (Å²) in [6, 6.07) is 20.9. The molecule has 2 aromatic carbocycles. The first-order chi connectivity index (χ1) is 18.6. The first-order valence-corrected chi connectivity index (χ1v) is 14.3. The highest BCUT2D eigenvalue weighted by Gasteiger charge is 2.31. The predicted molar refractivity (Wildman–Crippen MR) is 155 cm³/mol. The molecule has 5 nitrogen and oxygen atoms in total. The molecular weight excluding hydrogens is 490 g/mol. The zero-order valence-electron chi connectivity index (χ0n) is 22.1. The molecule has 1 unspecified atom stereocenters. The summed E-state index contributed by atoms with van der Waals surface area (Å²) in [5, 5.41) is 22.7. The normalized spacial score (nSPS) is 15.5. The van der Waals surface area contributed by atoms with E-state index in [1.807, 2.05) is 30.5 Å². The van der Waals surface area contributed by atoms with Crippen LogP contribution in [0.4, 0.5) is 5.69 Å². The fourth-order valence-electron chi connectivity index (χ4n) is 5.33. The number of unbranched alkanes of at least 4 members (excludes halogenated alkanes) is 1. The van der Waals surface area contributed by atoms with E-state index in [2.05, 4.69) is 65.1 Å². The minimum atomic E-state index is -0.107. The van der Waals surface area contributed by atoms with Crippen LogP contribution in [0.2, 0.25) is 0 Å². The van der Waals surface area contributed by atoms with Crippen LogP contribution in [0.5, 0.6) is 11.6 Å². The van der Waals surface area contributed by atoms with Crippen molar-refractivity contribution in [2.45, 2.75) is 68.2 Å². The first-order valence-electron chi connectivity index (χ1n) is 13.5. The predicted octanol–water partition coefficient (Wildman–Crippen LogP) is 8.09. The van der Waals surface area contributed by atoms with E-state index in [0.717, 1.165) is 78.0 Å². The summed E-state index contributed by atoms with van der Waals surface area (Å²) in [7, 11) is 0. The van der Waals surface area contributed by atoms with Gasteiger partial charge >= 0.3 is 0 Å². The Kier molecular flexibility index (Phi) is 8.18. The van der Waals surface area contributed by atoms with Gasteiger partial charge in [-0.25, -0.2) is 4.98 Å². The zero-order valence-corrected chi connectivity index (χ0v) is 22.9. The Balaban J connectivity index is 1.52. The molecule has 1 saturated heterocycles. The van der Waals surface area contributed by atoms with Gasteiger partial charge in [0.05, 0.1) is 11.7 Å². The summed E-state index contributed by atoms with van der Waals surface area (Å²) in [6.45, 7) is 5.05. The number of benzene rings is 2. The van der Waals surface area contributed by atoms with Crippen LogP contribution in [-0.4, -0.2) is 26.7 Å². The Morgan fingerprint density at radius 2 is 1.79 bits per heavy atom. The molecule has 1 atom stereocenters. The van der Waals surface area contributed by atoms with Crippen LogP contribution in [0, 0.1) is 6.92 Å². The lowest BCUT2D eigenvalue weighted by Gasteiger charge is -2.39. The Bertz CT molecular complexity index is 1380. The smallest absolute Gasteiger partial charge is 0.229 e. The second kappa shape index (κ2) is 11.9. The third kappa shape index (κ3) is 5.51. The second-order valence-corrected chi connectivity index (χ2v) is 11.0. The molecule has 3 heterocycles. The fraction of sp³-hybridized carbons (Fsp3) is 0.312. The zero-order chi connectivity index (χ0) is 26.5. The third-order valence-electron chi connectivity index (χ3n) is 7.30. The van der Waals surface area contributed by atoms with Gasteiger partial charge in [0.2, 0.25) is 5.88 Å². The van der Waals surface area contributed by atoms with Gasteiger partial charge in [0, 0.05) is 23.8 Å². The minimum absolute atomic E-state index is 0.107. The van der Waals surface area contributed by atoms with Crippen molar-refractivity contribution in [1.29, 1.82) is 0 Å². The fourth-order valence-corrected chi connectivity index (χ4v) is 6.17. The van der Waals surface area contributed by atoms with Crippen LogP contribution in [0.25, 0.3) is 11.1 Å². The number of nitrogens with zero attached hydrogens (tertiary/aromatic N) is 3. The van der Waals surface area contributed by atoms with E-state index in [-0.39, 0.29) is 17.7 Å². The van der Waals surface area contributed by atoms with Gasteiger partial charge in [0.25, 0.3) is 0 Å². The Morgan fingerprint density at radius 1 is 1.00 bits per heavy atom. The van der Waals surface area contributed by atoms with E-state index < -0.39 is 0 Å². The maximum Gasteiger partial charge on any atom is 0.229 e. The molecule has 5 rings (SSSR count). The molecule has 6 heteroatoms. The molecule has 0 bridgehead atoms. The molecule has 1 aliphatic rings. The number of hydrogen-bond donors (Lipinski definition) is 2. The highest BCUT2D eigenvalue weighted by Crippen LogP contribution is 2.49. The van der Waals surface area contributed by atoms with Crippen molar-refractivity contribution in [1.82, 2.24) is 9.97 Å². The summed E-state index contributed by atoms with van der Waals surface area (Å²) in [4.78, 5) is 12.5. The Morgan fingerprint density at radius 3 is 2.53 bits per heavy atom. The quantitative estimate of drug-likeness (QED) is 0.242. The molecule has 4 aromatic rings.